The summed E-state index contributed by atoms with van der Waals surface area (Å²) >= 11 is 13.8. The van der Waals surface area contributed by atoms with Gasteiger partial charge in [-0.05, 0) is 94.1 Å². The molecule has 37 heavy (non-hydrogen) atoms. The average Bonchev–Trinajstić information content (AvgIpc) is 3.06. The van der Waals surface area contributed by atoms with Crippen LogP contribution >= 0.6 is 43.5 Å². The standard InChI is InChI=1S/C27H25Br2ClN6O/c28-21-10-20-4-3-19-11-22(30)12-23(29)24(19)25(26(20)33-15-21)18-5-8-35(9-6-18)27(36(37)16-31)34-14-17-2-1-7-32-13-17/h1-2,7,10-13,15,18,25,36H,3-6,8-9,14H2. The number of quaternary nitrogens is 1. The zero-order valence-corrected chi connectivity index (χ0v) is 23.9. The van der Waals surface area contributed by atoms with Crippen molar-refractivity contribution in [1.82, 2.24) is 14.9 Å². The molecule has 2 unspecified atom stereocenters. The molecule has 0 radical (unpaired) electrons. The number of hydrogen-bond acceptors (Lipinski definition) is 5. The summed E-state index contributed by atoms with van der Waals surface area (Å²) in [6.07, 6.45) is 10.6. The summed E-state index contributed by atoms with van der Waals surface area (Å²) in [4.78, 5) is 15.5. The van der Waals surface area contributed by atoms with Gasteiger partial charge in [-0.15, -0.1) is 5.26 Å². The van der Waals surface area contributed by atoms with Gasteiger partial charge in [0, 0.05) is 51.6 Å². The van der Waals surface area contributed by atoms with Crippen LogP contribution < -0.4 is 5.06 Å². The minimum absolute atomic E-state index is 0.108. The number of nitrogens with zero attached hydrogens (tertiary/aromatic N) is 5. The Hall–Kier alpha value is -2.35. The lowest BCUT2D eigenvalue weighted by Crippen LogP contribution is -3.08. The summed E-state index contributed by atoms with van der Waals surface area (Å²) < 4.78 is 1.99. The molecule has 7 nitrogen and oxygen atoms in total. The minimum atomic E-state index is -0.601. The Morgan fingerprint density at radius 3 is 2.70 bits per heavy atom. The number of benzene rings is 1. The third-order valence-corrected chi connectivity index (χ3v) is 8.47. The summed E-state index contributed by atoms with van der Waals surface area (Å²) in [5.41, 5.74) is 5.77. The van der Waals surface area contributed by atoms with E-state index < -0.39 is 5.06 Å². The van der Waals surface area contributed by atoms with Crippen LogP contribution in [0.2, 0.25) is 5.02 Å². The SMILES string of the molecule is N#C[NH+]([O-])C(=NCc1cccnc1)N1CCC(C2c3ncc(Br)cc3CCc3cc(Cl)cc(Br)c32)CC1. The van der Waals surface area contributed by atoms with Crippen molar-refractivity contribution in [3.05, 3.63) is 96.0 Å². The van der Waals surface area contributed by atoms with Crippen LogP contribution in [-0.4, -0.2) is 33.9 Å². The Morgan fingerprint density at radius 2 is 1.97 bits per heavy atom. The van der Waals surface area contributed by atoms with Gasteiger partial charge in [0.1, 0.15) is 0 Å². The van der Waals surface area contributed by atoms with Gasteiger partial charge in [-0.1, -0.05) is 33.6 Å². The second-order valence-corrected chi connectivity index (χ2v) is 11.6. The van der Waals surface area contributed by atoms with E-state index in [1.165, 1.54) is 16.7 Å². The van der Waals surface area contributed by atoms with Gasteiger partial charge in [0.2, 0.25) is 0 Å². The molecule has 2 aliphatic rings. The summed E-state index contributed by atoms with van der Waals surface area (Å²) in [6, 6.07) is 9.98. The van der Waals surface area contributed by atoms with Gasteiger partial charge in [0.15, 0.2) is 0 Å². The Kier molecular flexibility index (Phi) is 8.22. The lowest BCUT2D eigenvalue weighted by Gasteiger charge is -2.38. The monoisotopic (exact) mass is 642 g/mol. The average molecular weight is 645 g/mol. The van der Waals surface area contributed by atoms with Crippen molar-refractivity contribution in [3.8, 4) is 6.19 Å². The van der Waals surface area contributed by atoms with E-state index in [4.69, 9.17) is 16.6 Å². The molecule has 3 heterocycles. The van der Waals surface area contributed by atoms with Crippen LogP contribution in [0.4, 0.5) is 0 Å². The molecule has 10 heteroatoms. The molecule has 1 aliphatic heterocycles. The number of piperidine rings is 1. The third kappa shape index (κ3) is 5.74. The number of fused-ring (bicyclic) bond motifs is 2. The van der Waals surface area contributed by atoms with Crippen molar-refractivity contribution in [3.63, 3.8) is 0 Å². The highest BCUT2D eigenvalue weighted by molar-refractivity contribution is 9.10. The maximum atomic E-state index is 12.5. The maximum absolute atomic E-state index is 12.5. The molecule has 1 N–H and O–H groups in total. The van der Waals surface area contributed by atoms with Crippen molar-refractivity contribution >= 4 is 49.4 Å². The molecule has 0 amide bonds. The van der Waals surface area contributed by atoms with Gasteiger partial charge in [-0.2, -0.15) is 0 Å². The Bertz CT molecular complexity index is 1350. The highest BCUT2D eigenvalue weighted by Gasteiger charge is 2.37. The van der Waals surface area contributed by atoms with Crippen LogP contribution in [0.1, 0.15) is 46.7 Å². The van der Waals surface area contributed by atoms with Crippen LogP contribution in [-0.2, 0) is 19.4 Å². The van der Waals surface area contributed by atoms with Crippen molar-refractivity contribution < 1.29 is 5.06 Å². The molecule has 0 bridgehead atoms. The first kappa shape index (κ1) is 26.3. The highest BCUT2D eigenvalue weighted by Crippen LogP contribution is 2.46. The second kappa shape index (κ2) is 11.6. The molecule has 1 aromatic carbocycles. The van der Waals surface area contributed by atoms with Crippen molar-refractivity contribution in [2.75, 3.05) is 13.1 Å². The smallest absolute Gasteiger partial charge is 0.315 e. The first-order chi connectivity index (χ1) is 17.9. The Balaban J connectivity index is 1.43. The molecule has 0 spiro atoms. The largest absolute Gasteiger partial charge is 0.611 e. The summed E-state index contributed by atoms with van der Waals surface area (Å²) in [7, 11) is 0. The predicted octanol–water partition coefficient (Wildman–Crippen LogP) is 5.02. The van der Waals surface area contributed by atoms with E-state index in [2.05, 4.69) is 54.0 Å². The zero-order valence-electron chi connectivity index (χ0n) is 20.0. The number of aliphatic imine (C=N–C) groups is 1. The zero-order chi connectivity index (χ0) is 25.9. The van der Waals surface area contributed by atoms with E-state index in [1.807, 2.05) is 29.3 Å². The number of halogens is 3. The number of hydroxylamine groups is 2. The number of pyridine rings is 2. The van der Waals surface area contributed by atoms with Crippen LogP contribution in [0.3, 0.4) is 0 Å². The topological polar surface area (TPSA) is 92.7 Å². The van der Waals surface area contributed by atoms with Gasteiger partial charge in [0.05, 0.1) is 12.2 Å². The normalized spacial score (nSPS) is 18.9. The number of hydrogen-bond donors (Lipinski definition) is 1. The van der Waals surface area contributed by atoms with E-state index in [9.17, 15) is 10.5 Å². The number of nitriles is 1. The lowest BCUT2D eigenvalue weighted by molar-refractivity contribution is -0.675. The van der Waals surface area contributed by atoms with Crippen molar-refractivity contribution in [2.45, 2.75) is 38.1 Å². The van der Waals surface area contributed by atoms with Crippen molar-refractivity contribution in [2.24, 2.45) is 10.9 Å². The number of likely N-dealkylation sites (tertiary alicyclic amines) is 1. The molecule has 2 atom stereocenters. The fourth-order valence-corrected chi connectivity index (χ4v) is 7.00. The number of guanidine groups is 1. The molecule has 2 aromatic heterocycles. The number of aryl methyl sites for hydroxylation is 2. The van der Waals surface area contributed by atoms with E-state index in [0.29, 0.717) is 25.6 Å². The van der Waals surface area contributed by atoms with Crippen LogP contribution in [0.15, 0.2) is 62.9 Å². The lowest BCUT2D eigenvalue weighted by atomic mass is 9.76. The quantitative estimate of drug-likeness (QED) is 0.187. The number of nitrogens with one attached hydrogen (secondary N) is 1. The van der Waals surface area contributed by atoms with Gasteiger partial charge in [0.25, 0.3) is 0 Å². The van der Waals surface area contributed by atoms with E-state index in [1.54, 1.807) is 18.6 Å². The van der Waals surface area contributed by atoms with Gasteiger partial charge >= 0.3 is 12.2 Å². The van der Waals surface area contributed by atoms with Gasteiger partial charge in [-0.25, -0.2) is 10.1 Å². The van der Waals surface area contributed by atoms with Gasteiger partial charge in [-0.3, -0.25) is 9.97 Å². The van der Waals surface area contributed by atoms with Crippen LogP contribution in [0, 0.1) is 22.6 Å². The second-order valence-electron chi connectivity index (χ2n) is 9.40. The van der Waals surface area contributed by atoms with Crippen LogP contribution in [0.25, 0.3) is 0 Å². The molecular formula is C27H25Br2ClN6O. The molecule has 5 rings (SSSR count). The molecule has 0 saturated carbocycles. The fourth-order valence-electron chi connectivity index (χ4n) is 5.50. The summed E-state index contributed by atoms with van der Waals surface area (Å²) in [5, 5.41) is 22.0. The van der Waals surface area contributed by atoms with E-state index in [-0.39, 0.29) is 11.9 Å². The van der Waals surface area contributed by atoms with E-state index in [0.717, 1.165) is 50.9 Å². The number of aromatic nitrogens is 2. The Labute approximate surface area is 238 Å². The maximum Gasteiger partial charge on any atom is 0.315 e. The molecule has 1 fully saturated rings. The third-order valence-electron chi connectivity index (χ3n) is 7.17. The minimum Gasteiger partial charge on any atom is -0.611 e. The molecule has 3 aromatic rings. The molecular weight excluding hydrogens is 620 g/mol. The predicted molar refractivity (Wildman–Crippen MR) is 150 cm³/mol. The first-order valence-corrected chi connectivity index (χ1v) is 14.2. The molecule has 190 valence electrons. The fraction of sp³-hybridized carbons (Fsp3) is 0.333. The summed E-state index contributed by atoms with van der Waals surface area (Å²) in [6.45, 7) is 1.60. The first-order valence-electron chi connectivity index (χ1n) is 12.2. The van der Waals surface area contributed by atoms with Crippen molar-refractivity contribution in [1.29, 1.82) is 5.26 Å². The summed E-state index contributed by atoms with van der Waals surface area (Å²) in [5.74, 6) is 0.660. The molecule has 1 saturated heterocycles. The Morgan fingerprint density at radius 1 is 1.19 bits per heavy atom. The van der Waals surface area contributed by atoms with E-state index >= 15 is 0 Å². The highest BCUT2D eigenvalue weighted by atomic mass is 79.9. The molecule has 1 aliphatic carbocycles. The van der Waals surface area contributed by atoms with Crippen LogP contribution in [0.5, 0.6) is 0 Å². The number of rotatable bonds is 3. The van der Waals surface area contributed by atoms with Gasteiger partial charge < -0.3 is 10.1 Å².